The molecule has 146 valence electrons. The molecule has 2 fully saturated rings. The standard InChI is InChI=1S/C21H27NO5/c1-14-7-9-22(10-8-14)13-16-11-15(5-6-18(16)25-4)12-17-19(23)26-21(2,3)27-20(17)24/h5-6,11-12,14H,7-10,13H2,1-4H3. The fourth-order valence-electron chi connectivity index (χ4n) is 3.42. The fourth-order valence-corrected chi connectivity index (χ4v) is 3.42. The molecule has 0 unspecified atom stereocenters. The number of likely N-dealkylation sites (tertiary alicyclic amines) is 1. The van der Waals surface area contributed by atoms with Gasteiger partial charge >= 0.3 is 11.9 Å². The molecule has 2 heterocycles. The summed E-state index contributed by atoms with van der Waals surface area (Å²) < 4.78 is 15.8. The van der Waals surface area contributed by atoms with Gasteiger partial charge in [-0.05, 0) is 55.6 Å². The zero-order chi connectivity index (χ0) is 19.6. The maximum Gasteiger partial charge on any atom is 0.348 e. The highest BCUT2D eigenvalue weighted by molar-refractivity contribution is 6.18. The van der Waals surface area contributed by atoms with E-state index in [1.165, 1.54) is 32.8 Å². The highest BCUT2D eigenvalue weighted by Crippen LogP contribution is 2.28. The number of benzene rings is 1. The number of hydrogen-bond donors (Lipinski definition) is 0. The second-order valence-corrected chi connectivity index (χ2v) is 7.77. The van der Waals surface area contributed by atoms with Gasteiger partial charge in [-0.1, -0.05) is 13.0 Å². The molecule has 3 rings (SSSR count). The first-order valence-electron chi connectivity index (χ1n) is 9.35. The van der Waals surface area contributed by atoms with Crippen molar-refractivity contribution in [3.8, 4) is 5.75 Å². The van der Waals surface area contributed by atoms with Crippen molar-refractivity contribution in [3.05, 3.63) is 34.9 Å². The lowest BCUT2D eigenvalue weighted by molar-refractivity contribution is -0.222. The SMILES string of the molecule is COc1ccc(C=C2C(=O)OC(C)(C)OC2=O)cc1CN1CCC(C)CC1. The van der Waals surface area contributed by atoms with Gasteiger partial charge in [0, 0.05) is 26.0 Å². The summed E-state index contributed by atoms with van der Waals surface area (Å²) in [5.74, 6) is -1.00. The van der Waals surface area contributed by atoms with Crippen molar-refractivity contribution in [2.45, 2.75) is 45.9 Å². The number of nitrogens with zero attached hydrogens (tertiary/aromatic N) is 1. The van der Waals surface area contributed by atoms with Crippen LogP contribution in [0.2, 0.25) is 0 Å². The molecule has 0 bridgehead atoms. The quantitative estimate of drug-likeness (QED) is 0.459. The molecular formula is C21H27NO5. The van der Waals surface area contributed by atoms with Crippen molar-refractivity contribution in [1.82, 2.24) is 4.90 Å². The third-order valence-corrected chi connectivity index (χ3v) is 5.00. The number of rotatable bonds is 4. The zero-order valence-electron chi connectivity index (χ0n) is 16.4. The third kappa shape index (κ3) is 4.69. The molecule has 0 radical (unpaired) electrons. The van der Waals surface area contributed by atoms with Crippen LogP contribution in [0, 0.1) is 5.92 Å². The summed E-state index contributed by atoms with van der Waals surface area (Å²) in [6.45, 7) is 8.24. The fraction of sp³-hybridized carbons (Fsp3) is 0.524. The van der Waals surface area contributed by atoms with Gasteiger partial charge in [-0.2, -0.15) is 0 Å². The third-order valence-electron chi connectivity index (χ3n) is 5.00. The maximum atomic E-state index is 12.2. The van der Waals surface area contributed by atoms with E-state index in [1.54, 1.807) is 7.11 Å². The smallest absolute Gasteiger partial charge is 0.348 e. The Bertz CT molecular complexity index is 738. The summed E-state index contributed by atoms with van der Waals surface area (Å²) in [6, 6.07) is 5.62. The van der Waals surface area contributed by atoms with Crippen LogP contribution in [0.25, 0.3) is 6.08 Å². The summed E-state index contributed by atoms with van der Waals surface area (Å²) in [4.78, 5) is 26.7. The highest BCUT2D eigenvalue weighted by atomic mass is 16.7. The van der Waals surface area contributed by atoms with E-state index < -0.39 is 17.7 Å². The number of methoxy groups -OCH3 is 1. The van der Waals surface area contributed by atoms with E-state index in [4.69, 9.17) is 14.2 Å². The van der Waals surface area contributed by atoms with Crippen LogP contribution in [0.1, 0.15) is 44.7 Å². The van der Waals surface area contributed by atoms with Crippen molar-refractivity contribution in [3.63, 3.8) is 0 Å². The van der Waals surface area contributed by atoms with Crippen LogP contribution >= 0.6 is 0 Å². The van der Waals surface area contributed by atoms with E-state index in [0.29, 0.717) is 0 Å². The summed E-state index contributed by atoms with van der Waals surface area (Å²) in [5.41, 5.74) is 1.66. The van der Waals surface area contributed by atoms with Crippen molar-refractivity contribution >= 4 is 18.0 Å². The molecule has 1 aromatic carbocycles. The molecule has 0 N–H and O–H groups in total. The molecule has 0 saturated carbocycles. The van der Waals surface area contributed by atoms with Gasteiger partial charge in [-0.25, -0.2) is 9.59 Å². The molecule has 2 saturated heterocycles. The van der Waals surface area contributed by atoms with Gasteiger partial charge in [0.2, 0.25) is 0 Å². The normalized spacial score (nSPS) is 20.8. The molecule has 0 aliphatic carbocycles. The lowest BCUT2D eigenvalue weighted by atomic mass is 9.98. The van der Waals surface area contributed by atoms with Gasteiger partial charge < -0.3 is 14.2 Å². The van der Waals surface area contributed by atoms with Crippen LogP contribution in [-0.2, 0) is 25.6 Å². The number of carbonyl (C=O) groups is 2. The van der Waals surface area contributed by atoms with Crippen molar-refractivity contribution in [2.24, 2.45) is 5.92 Å². The Labute approximate surface area is 160 Å². The average Bonchev–Trinajstić information content (AvgIpc) is 2.59. The van der Waals surface area contributed by atoms with Crippen LogP contribution in [0.3, 0.4) is 0 Å². The second-order valence-electron chi connectivity index (χ2n) is 7.77. The van der Waals surface area contributed by atoms with E-state index >= 15 is 0 Å². The van der Waals surface area contributed by atoms with Crippen LogP contribution in [-0.4, -0.2) is 42.8 Å². The molecule has 0 aromatic heterocycles. The van der Waals surface area contributed by atoms with E-state index in [9.17, 15) is 9.59 Å². The minimum atomic E-state index is -1.23. The summed E-state index contributed by atoms with van der Waals surface area (Å²) >= 11 is 0. The molecule has 27 heavy (non-hydrogen) atoms. The van der Waals surface area contributed by atoms with E-state index in [1.807, 2.05) is 18.2 Å². The van der Waals surface area contributed by atoms with Gasteiger partial charge in [-0.15, -0.1) is 0 Å². The minimum Gasteiger partial charge on any atom is -0.496 e. The van der Waals surface area contributed by atoms with Crippen LogP contribution in [0.15, 0.2) is 23.8 Å². The van der Waals surface area contributed by atoms with Gasteiger partial charge in [0.15, 0.2) is 0 Å². The summed E-state index contributed by atoms with van der Waals surface area (Å²) in [6.07, 6.45) is 3.90. The number of esters is 2. The topological polar surface area (TPSA) is 65.1 Å². The molecule has 0 atom stereocenters. The van der Waals surface area contributed by atoms with Gasteiger partial charge in [0.05, 0.1) is 7.11 Å². The van der Waals surface area contributed by atoms with E-state index in [0.717, 1.165) is 42.4 Å². The number of carbonyl (C=O) groups excluding carboxylic acids is 2. The van der Waals surface area contributed by atoms with Crippen molar-refractivity contribution in [2.75, 3.05) is 20.2 Å². The Kier molecular flexibility index (Phi) is 5.56. The Hall–Kier alpha value is -2.34. The molecule has 0 amide bonds. The van der Waals surface area contributed by atoms with Crippen LogP contribution in [0.4, 0.5) is 0 Å². The average molecular weight is 373 g/mol. The molecule has 2 aliphatic heterocycles. The first-order valence-corrected chi connectivity index (χ1v) is 9.35. The first kappa shape index (κ1) is 19.4. The second kappa shape index (κ2) is 7.72. The first-order chi connectivity index (χ1) is 12.8. The molecule has 6 heteroatoms. The summed E-state index contributed by atoms with van der Waals surface area (Å²) in [5, 5.41) is 0. The molecule has 2 aliphatic rings. The Balaban J connectivity index is 1.82. The summed E-state index contributed by atoms with van der Waals surface area (Å²) in [7, 11) is 1.65. The lowest BCUT2D eigenvalue weighted by Crippen LogP contribution is -2.41. The molecular weight excluding hydrogens is 346 g/mol. The predicted molar refractivity (Wildman–Crippen MR) is 101 cm³/mol. The van der Waals surface area contributed by atoms with Crippen LogP contribution in [0.5, 0.6) is 5.75 Å². The number of hydrogen-bond acceptors (Lipinski definition) is 6. The minimum absolute atomic E-state index is 0.0998. The zero-order valence-corrected chi connectivity index (χ0v) is 16.4. The van der Waals surface area contributed by atoms with Crippen molar-refractivity contribution in [1.29, 1.82) is 0 Å². The number of ether oxygens (including phenoxy) is 3. The molecule has 6 nitrogen and oxygen atoms in total. The Morgan fingerprint density at radius 3 is 2.41 bits per heavy atom. The van der Waals surface area contributed by atoms with E-state index in [-0.39, 0.29) is 5.57 Å². The molecule has 1 aromatic rings. The molecule has 0 spiro atoms. The lowest BCUT2D eigenvalue weighted by Gasteiger charge is -2.30. The maximum absolute atomic E-state index is 12.2. The Morgan fingerprint density at radius 1 is 1.19 bits per heavy atom. The van der Waals surface area contributed by atoms with Gasteiger partial charge in [0.1, 0.15) is 11.3 Å². The van der Waals surface area contributed by atoms with Gasteiger partial charge in [0.25, 0.3) is 5.79 Å². The highest BCUT2D eigenvalue weighted by Gasteiger charge is 2.38. The van der Waals surface area contributed by atoms with Crippen LogP contribution < -0.4 is 4.74 Å². The van der Waals surface area contributed by atoms with E-state index in [2.05, 4.69) is 11.8 Å². The van der Waals surface area contributed by atoms with Crippen molar-refractivity contribution < 1.29 is 23.8 Å². The monoisotopic (exact) mass is 373 g/mol. The predicted octanol–water partition coefficient (Wildman–Crippen LogP) is 3.15. The number of cyclic esters (lactones) is 2. The Morgan fingerprint density at radius 2 is 1.81 bits per heavy atom. The largest absolute Gasteiger partial charge is 0.496 e. The number of piperidine rings is 1. The van der Waals surface area contributed by atoms with Gasteiger partial charge in [-0.3, -0.25) is 4.90 Å².